The second-order valence-electron chi connectivity index (χ2n) is 4.78. The fourth-order valence-electron chi connectivity index (χ4n) is 2.08. The van der Waals surface area contributed by atoms with Gasteiger partial charge in [0.1, 0.15) is 0 Å². The standard InChI is InChI=1S/C16H18N2O3/c19-11-2-1-4-13-5-7-14(8-6-13)16(21)18-10-3-9-17-15(20)12-18/h5-8,19H,2-3,9-12H2,(H,17,20). The number of carbonyl (C=O) groups excluding carboxylic acids is 2. The fourth-order valence-corrected chi connectivity index (χ4v) is 2.08. The van der Waals surface area contributed by atoms with Gasteiger partial charge in [-0.25, -0.2) is 0 Å². The Hall–Kier alpha value is -2.32. The zero-order valence-corrected chi connectivity index (χ0v) is 11.8. The molecule has 0 bridgehead atoms. The van der Waals surface area contributed by atoms with E-state index in [1.54, 1.807) is 29.2 Å². The number of hydrogen-bond donors (Lipinski definition) is 2. The Labute approximate surface area is 124 Å². The molecular formula is C16H18N2O3. The predicted molar refractivity (Wildman–Crippen MR) is 78.6 cm³/mol. The molecule has 0 aromatic heterocycles. The summed E-state index contributed by atoms with van der Waals surface area (Å²) < 4.78 is 0. The molecule has 5 nitrogen and oxygen atoms in total. The van der Waals surface area contributed by atoms with Gasteiger partial charge in [-0.15, -0.1) is 0 Å². The van der Waals surface area contributed by atoms with Crippen LogP contribution in [0.15, 0.2) is 24.3 Å². The van der Waals surface area contributed by atoms with Gasteiger partial charge in [-0.2, -0.15) is 0 Å². The van der Waals surface area contributed by atoms with Crippen molar-refractivity contribution in [1.29, 1.82) is 0 Å². The van der Waals surface area contributed by atoms with Crippen LogP contribution in [0.5, 0.6) is 0 Å². The van der Waals surface area contributed by atoms with Gasteiger partial charge >= 0.3 is 0 Å². The highest BCUT2D eigenvalue weighted by Crippen LogP contribution is 2.09. The quantitative estimate of drug-likeness (QED) is 0.772. The van der Waals surface area contributed by atoms with Gasteiger partial charge in [0.15, 0.2) is 0 Å². The van der Waals surface area contributed by atoms with Gasteiger partial charge in [0.25, 0.3) is 5.91 Å². The number of aliphatic hydroxyl groups excluding tert-OH is 1. The van der Waals surface area contributed by atoms with Gasteiger partial charge in [-0.05, 0) is 30.7 Å². The topological polar surface area (TPSA) is 69.6 Å². The van der Waals surface area contributed by atoms with Crippen molar-refractivity contribution in [1.82, 2.24) is 10.2 Å². The summed E-state index contributed by atoms with van der Waals surface area (Å²) in [6.07, 6.45) is 1.20. The maximum absolute atomic E-state index is 12.3. The van der Waals surface area contributed by atoms with Crippen LogP contribution in [0.25, 0.3) is 0 Å². The lowest BCUT2D eigenvalue weighted by molar-refractivity contribution is -0.121. The Kier molecular flexibility index (Phi) is 5.35. The van der Waals surface area contributed by atoms with Crippen LogP contribution in [0.2, 0.25) is 0 Å². The molecule has 0 unspecified atom stereocenters. The van der Waals surface area contributed by atoms with E-state index in [-0.39, 0.29) is 25.0 Å². The van der Waals surface area contributed by atoms with Gasteiger partial charge in [0.2, 0.25) is 5.91 Å². The van der Waals surface area contributed by atoms with Crippen molar-refractivity contribution in [2.75, 3.05) is 26.2 Å². The number of amides is 2. The minimum absolute atomic E-state index is 0.0423. The number of hydrogen-bond acceptors (Lipinski definition) is 3. The van der Waals surface area contributed by atoms with Gasteiger partial charge in [0.05, 0.1) is 13.2 Å². The Balaban J connectivity index is 2.05. The van der Waals surface area contributed by atoms with Gasteiger partial charge in [-0.1, -0.05) is 11.8 Å². The molecule has 0 radical (unpaired) electrons. The van der Waals surface area contributed by atoms with Crippen LogP contribution >= 0.6 is 0 Å². The van der Waals surface area contributed by atoms with Crippen LogP contribution in [0.4, 0.5) is 0 Å². The van der Waals surface area contributed by atoms with Crippen LogP contribution < -0.4 is 5.32 Å². The summed E-state index contributed by atoms with van der Waals surface area (Å²) in [4.78, 5) is 25.4. The van der Waals surface area contributed by atoms with Crippen LogP contribution in [0, 0.1) is 11.8 Å². The molecule has 1 aromatic carbocycles. The second-order valence-corrected chi connectivity index (χ2v) is 4.78. The van der Waals surface area contributed by atoms with Crippen molar-refractivity contribution in [3.63, 3.8) is 0 Å². The van der Waals surface area contributed by atoms with Gasteiger partial charge in [-0.3, -0.25) is 9.59 Å². The third-order valence-electron chi connectivity index (χ3n) is 3.15. The number of carbonyl (C=O) groups is 2. The number of nitrogens with zero attached hydrogens (tertiary/aromatic N) is 1. The molecule has 1 aromatic rings. The van der Waals surface area contributed by atoms with Crippen molar-refractivity contribution in [3.05, 3.63) is 35.4 Å². The first kappa shape index (κ1) is 15.1. The third kappa shape index (κ3) is 4.33. The first-order valence-corrected chi connectivity index (χ1v) is 6.96. The minimum Gasteiger partial charge on any atom is -0.395 e. The zero-order chi connectivity index (χ0) is 15.1. The predicted octanol–water partition coefficient (Wildman–Crippen LogP) is 0.383. The second kappa shape index (κ2) is 7.46. The van der Waals surface area contributed by atoms with Crippen LogP contribution in [0.3, 0.4) is 0 Å². The molecule has 2 rings (SSSR count). The van der Waals surface area contributed by atoms with E-state index < -0.39 is 0 Å². The molecule has 5 heteroatoms. The molecule has 1 saturated heterocycles. The first-order chi connectivity index (χ1) is 10.2. The molecule has 2 N–H and O–H groups in total. The van der Waals surface area contributed by atoms with E-state index in [1.807, 2.05) is 0 Å². The Morgan fingerprint density at radius 3 is 2.81 bits per heavy atom. The van der Waals surface area contributed by atoms with E-state index in [0.717, 1.165) is 12.0 Å². The largest absolute Gasteiger partial charge is 0.395 e. The Morgan fingerprint density at radius 2 is 2.10 bits per heavy atom. The van der Waals surface area contributed by atoms with E-state index >= 15 is 0 Å². The van der Waals surface area contributed by atoms with Crippen molar-refractivity contribution in [2.45, 2.75) is 12.8 Å². The van der Waals surface area contributed by atoms with Crippen LogP contribution in [-0.4, -0.2) is 48.1 Å². The zero-order valence-electron chi connectivity index (χ0n) is 11.8. The van der Waals surface area contributed by atoms with E-state index in [9.17, 15) is 9.59 Å². The molecule has 0 spiro atoms. The normalized spacial score (nSPS) is 14.7. The van der Waals surface area contributed by atoms with Crippen molar-refractivity contribution >= 4 is 11.8 Å². The summed E-state index contributed by atoms with van der Waals surface area (Å²) in [6, 6.07) is 6.98. The smallest absolute Gasteiger partial charge is 0.254 e. The van der Waals surface area contributed by atoms with Gasteiger partial charge in [0, 0.05) is 30.6 Å². The lowest BCUT2D eigenvalue weighted by Crippen LogP contribution is -2.37. The highest BCUT2D eigenvalue weighted by Gasteiger charge is 2.20. The molecule has 1 fully saturated rings. The van der Waals surface area contributed by atoms with E-state index in [1.165, 1.54) is 0 Å². The molecule has 21 heavy (non-hydrogen) atoms. The highest BCUT2D eigenvalue weighted by atomic mass is 16.2. The number of aliphatic hydroxyl groups is 1. The Morgan fingerprint density at radius 1 is 1.33 bits per heavy atom. The van der Waals surface area contributed by atoms with E-state index in [2.05, 4.69) is 17.2 Å². The first-order valence-electron chi connectivity index (χ1n) is 6.96. The third-order valence-corrected chi connectivity index (χ3v) is 3.15. The minimum atomic E-state index is -0.137. The summed E-state index contributed by atoms with van der Waals surface area (Å²) in [5, 5.41) is 11.4. The molecule has 1 aliphatic heterocycles. The van der Waals surface area contributed by atoms with Crippen LogP contribution in [0.1, 0.15) is 28.8 Å². The SMILES string of the molecule is O=C1CN(C(=O)c2ccc(C#CCCO)cc2)CCCN1. The lowest BCUT2D eigenvalue weighted by atomic mass is 10.1. The summed E-state index contributed by atoms with van der Waals surface area (Å²) in [6.45, 7) is 1.34. The lowest BCUT2D eigenvalue weighted by Gasteiger charge is -2.18. The van der Waals surface area contributed by atoms with Crippen molar-refractivity contribution in [2.24, 2.45) is 0 Å². The maximum Gasteiger partial charge on any atom is 0.254 e. The summed E-state index contributed by atoms with van der Waals surface area (Å²) in [5.74, 6) is 5.48. The summed E-state index contributed by atoms with van der Waals surface area (Å²) in [7, 11) is 0. The average molecular weight is 286 g/mol. The highest BCUT2D eigenvalue weighted by molar-refractivity contribution is 5.96. The van der Waals surface area contributed by atoms with Gasteiger partial charge < -0.3 is 15.3 Å². The fraction of sp³-hybridized carbons (Fsp3) is 0.375. The van der Waals surface area contributed by atoms with Crippen molar-refractivity contribution in [3.8, 4) is 11.8 Å². The maximum atomic E-state index is 12.3. The molecule has 1 aliphatic rings. The number of nitrogens with one attached hydrogen (secondary N) is 1. The number of rotatable bonds is 2. The van der Waals surface area contributed by atoms with E-state index in [4.69, 9.17) is 5.11 Å². The molecule has 1 heterocycles. The van der Waals surface area contributed by atoms with E-state index in [0.29, 0.717) is 25.1 Å². The Bertz CT molecular complexity index is 569. The van der Waals surface area contributed by atoms with Crippen molar-refractivity contribution < 1.29 is 14.7 Å². The molecule has 0 atom stereocenters. The molecule has 0 aliphatic carbocycles. The number of benzene rings is 1. The molecule has 2 amide bonds. The van der Waals surface area contributed by atoms with Crippen LogP contribution in [-0.2, 0) is 4.79 Å². The summed E-state index contributed by atoms with van der Waals surface area (Å²) in [5.41, 5.74) is 1.35. The summed E-state index contributed by atoms with van der Waals surface area (Å²) >= 11 is 0. The molecular weight excluding hydrogens is 268 g/mol. The molecule has 110 valence electrons. The molecule has 0 saturated carbocycles. The average Bonchev–Trinajstić information content (AvgIpc) is 2.72. The monoisotopic (exact) mass is 286 g/mol.